The van der Waals surface area contributed by atoms with Crippen LogP contribution in [0.25, 0.3) is 0 Å². The summed E-state index contributed by atoms with van der Waals surface area (Å²) in [5, 5.41) is 2.66. The van der Waals surface area contributed by atoms with Crippen molar-refractivity contribution < 1.29 is 0 Å². The molecule has 0 unspecified atom stereocenters. The number of benzene rings is 1. The van der Waals surface area contributed by atoms with Gasteiger partial charge in [0.05, 0.1) is 4.20 Å². The van der Waals surface area contributed by atoms with E-state index in [4.69, 9.17) is 19.3 Å². The van der Waals surface area contributed by atoms with Crippen LogP contribution in [0.5, 0.6) is 0 Å². The minimum absolute atomic E-state index is 0.0803. The van der Waals surface area contributed by atoms with Gasteiger partial charge in [0, 0.05) is 18.3 Å². The van der Waals surface area contributed by atoms with Crippen molar-refractivity contribution >= 4 is 28.2 Å². The maximum Gasteiger partial charge on any atom is 0.0783 e. The Labute approximate surface area is 132 Å². The topological polar surface area (TPSA) is 12.0 Å². The van der Waals surface area contributed by atoms with E-state index in [0.29, 0.717) is 6.54 Å². The second kappa shape index (κ2) is 7.77. The Morgan fingerprint density at radius 2 is 2.00 bits per heavy atom. The van der Waals surface area contributed by atoms with Gasteiger partial charge < -0.3 is 5.32 Å². The lowest BCUT2D eigenvalue weighted by molar-refractivity contribution is 0.785. The van der Waals surface area contributed by atoms with E-state index in [1.165, 1.54) is 11.1 Å². The highest BCUT2D eigenvalue weighted by molar-refractivity contribution is 8.24. The van der Waals surface area contributed by atoms with Crippen LogP contribution in [0, 0.1) is 7.05 Å². The first kappa shape index (κ1) is 17.2. The maximum atomic E-state index is 5.49. The first-order valence-electron chi connectivity index (χ1n) is 6.49. The summed E-state index contributed by atoms with van der Waals surface area (Å²) in [6.07, 6.45) is 3.80. The van der Waals surface area contributed by atoms with Crippen LogP contribution in [0.4, 0.5) is 0 Å². The molecule has 0 bridgehead atoms. The molecule has 1 N–H and O–H groups in total. The number of thiocarbonyl (C=S) groups is 1. The number of allylic oxidation sites excluding steroid dienone is 2. The van der Waals surface area contributed by atoms with E-state index in [9.17, 15) is 0 Å². The zero-order valence-electron chi connectivity index (χ0n) is 12.3. The van der Waals surface area contributed by atoms with Crippen molar-refractivity contribution in [3.05, 3.63) is 66.7 Å². The van der Waals surface area contributed by atoms with Crippen molar-refractivity contribution in [1.29, 1.82) is 0 Å². The summed E-state index contributed by atoms with van der Waals surface area (Å²) in [5.41, 5.74) is 3.42. The third kappa shape index (κ3) is 4.58. The Kier molecular flexibility index (Phi) is 6.66. The summed E-state index contributed by atoms with van der Waals surface area (Å²) in [6.45, 7) is 10.8. The number of thioether (sulfide) groups is 1. The van der Waals surface area contributed by atoms with Crippen LogP contribution >= 0.6 is 24.0 Å². The number of hydrogen-bond donors (Lipinski definition) is 1. The van der Waals surface area contributed by atoms with Gasteiger partial charge in [-0.1, -0.05) is 55.2 Å². The fourth-order valence-corrected chi connectivity index (χ4v) is 3.67. The molecule has 0 aliphatic heterocycles. The summed E-state index contributed by atoms with van der Waals surface area (Å²) in [7, 11) is 5.33. The molecule has 0 heterocycles. The van der Waals surface area contributed by atoms with Gasteiger partial charge in [-0.3, -0.25) is 0 Å². The first-order valence-corrected chi connectivity index (χ1v) is 7.72. The van der Waals surface area contributed by atoms with Crippen LogP contribution in [0.2, 0.25) is 0 Å². The molecule has 3 heteroatoms. The van der Waals surface area contributed by atoms with Gasteiger partial charge in [0.15, 0.2) is 0 Å². The molecule has 20 heavy (non-hydrogen) atoms. The van der Waals surface area contributed by atoms with Crippen molar-refractivity contribution in [3.63, 3.8) is 0 Å². The van der Waals surface area contributed by atoms with Gasteiger partial charge in [-0.2, -0.15) is 0 Å². The van der Waals surface area contributed by atoms with Gasteiger partial charge in [0.25, 0.3) is 0 Å². The average molecular weight is 303 g/mol. The lowest BCUT2D eigenvalue weighted by Crippen LogP contribution is -2.15. The molecule has 1 nitrogen and oxygen atoms in total. The van der Waals surface area contributed by atoms with E-state index in [2.05, 4.69) is 50.0 Å². The molecule has 1 aromatic rings. The standard InChI is InChI=1S/C17H21NS2/c1-6-14(7-2)16(19)20-17(3,4)15-10-8-13(9-11-15)12-18-5/h5-11,18H,1,12H2,2-4H3/b14-7+. The third-order valence-electron chi connectivity index (χ3n) is 3.07. The smallest absolute Gasteiger partial charge is 0.0783 e. The molecule has 0 saturated heterocycles. The molecular weight excluding hydrogens is 282 g/mol. The Morgan fingerprint density at radius 1 is 1.40 bits per heavy atom. The van der Waals surface area contributed by atoms with Crippen LogP contribution in [0.1, 0.15) is 31.9 Å². The molecule has 0 fully saturated rings. The molecule has 0 saturated carbocycles. The van der Waals surface area contributed by atoms with E-state index in [1.807, 2.05) is 13.0 Å². The second-order valence-corrected chi connectivity index (χ2v) is 7.23. The summed E-state index contributed by atoms with van der Waals surface area (Å²) >= 11 is 7.17. The van der Waals surface area contributed by atoms with Crippen molar-refractivity contribution in [3.8, 4) is 0 Å². The quantitative estimate of drug-likeness (QED) is 0.348. The van der Waals surface area contributed by atoms with Crippen LogP contribution in [0.3, 0.4) is 0 Å². The highest BCUT2D eigenvalue weighted by atomic mass is 32.2. The van der Waals surface area contributed by atoms with Gasteiger partial charge in [0.1, 0.15) is 0 Å². The van der Waals surface area contributed by atoms with Gasteiger partial charge in [0.2, 0.25) is 0 Å². The van der Waals surface area contributed by atoms with Crippen LogP contribution in [0.15, 0.2) is 48.6 Å². The molecule has 1 aromatic carbocycles. The van der Waals surface area contributed by atoms with E-state index >= 15 is 0 Å². The summed E-state index contributed by atoms with van der Waals surface area (Å²) in [5.74, 6) is 0. The molecular formula is C17H21NS2. The highest BCUT2D eigenvalue weighted by Gasteiger charge is 2.23. The van der Waals surface area contributed by atoms with E-state index in [0.717, 1.165) is 9.77 Å². The third-order valence-corrected chi connectivity index (χ3v) is 4.72. The average Bonchev–Trinajstić information content (AvgIpc) is 2.40. The summed E-state index contributed by atoms with van der Waals surface area (Å²) in [6, 6.07) is 8.44. The zero-order chi connectivity index (χ0) is 15.2. The molecule has 0 aromatic heterocycles. The molecule has 0 atom stereocenters. The molecule has 106 valence electrons. The maximum absolute atomic E-state index is 5.49. The predicted molar refractivity (Wildman–Crippen MR) is 94.8 cm³/mol. The Bertz CT molecular complexity index is 498. The predicted octanol–water partition coefficient (Wildman–Crippen LogP) is 4.87. The van der Waals surface area contributed by atoms with Crippen molar-refractivity contribution in [2.45, 2.75) is 32.1 Å². The van der Waals surface area contributed by atoms with Crippen LogP contribution < -0.4 is 5.32 Å². The molecule has 1 rings (SSSR count). The molecule has 2 radical (unpaired) electrons. The lowest BCUT2D eigenvalue weighted by atomic mass is 10.0. The molecule has 0 spiro atoms. The monoisotopic (exact) mass is 303 g/mol. The minimum atomic E-state index is -0.0803. The van der Waals surface area contributed by atoms with E-state index in [1.54, 1.807) is 17.8 Å². The SMILES string of the molecule is [CH]NCc1ccc(C(C)(C)SC(=S)/C(C=C)=C/C)cc1. The Hall–Kier alpha value is -0.900. The van der Waals surface area contributed by atoms with Crippen LogP contribution in [-0.4, -0.2) is 4.20 Å². The van der Waals surface area contributed by atoms with Crippen molar-refractivity contribution in [1.82, 2.24) is 5.32 Å². The summed E-state index contributed by atoms with van der Waals surface area (Å²) in [4.78, 5) is 0. The minimum Gasteiger partial charge on any atom is -0.307 e. The fraction of sp³-hybridized carbons (Fsp3) is 0.294. The first-order chi connectivity index (χ1) is 9.44. The van der Waals surface area contributed by atoms with Gasteiger partial charge in [-0.05, 0) is 37.5 Å². The van der Waals surface area contributed by atoms with Crippen molar-refractivity contribution in [2.24, 2.45) is 0 Å². The molecule has 0 aliphatic carbocycles. The van der Waals surface area contributed by atoms with Crippen LogP contribution in [-0.2, 0) is 11.3 Å². The van der Waals surface area contributed by atoms with E-state index in [-0.39, 0.29) is 4.75 Å². The normalized spacial score (nSPS) is 12.3. The lowest BCUT2D eigenvalue weighted by Gasteiger charge is -2.25. The zero-order valence-corrected chi connectivity index (χ0v) is 13.9. The summed E-state index contributed by atoms with van der Waals surface area (Å²) < 4.78 is 0.795. The second-order valence-electron chi connectivity index (χ2n) is 4.93. The molecule has 0 aliphatic rings. The molecule has 0 amide bonds. The van der Waals surface area contributed by atoms with E-state index < -0.39 is 0 Å². The van der Waals surface area contributed by atoms with Gasteiger partial charge in [-0.15, -0.1) is 11.8 Å². The van der Waals surface area contributed by atoms with Crippen molar-refractivity contribution in [2.75, 3.05) is 0 Å². The Morgan fingerprint density at radius 3 is 2.45 bits per heavy atom. The van der Waals surface area contributed by atoms with Gasteiger partial charge in [-0.25, -0.2) is 0 Å². The fourth-order valence-electron chi connectivity index (χ4n) is 1.81. The highest BCUT2D eigenvalue weighted by Crippen LogP contribution is 2.38. The Balaban J connectivity index is 2.87. The van der Waals surface area contributed by atoms with Gasteiger partial charge >= 0.3 is 0 Å². The number of nitrogens with one attached hydrogen (secondary N) is 1. The number of hydrogen-bond acceptors (Lipinski definition) is 3. The number of rotatable bonds is 6. The largest absolute Gasteiger partial charge is 0.307 e.